The lowest BCUT2D eigenvalue weighted by atomic mass is 10.2. The van der Waals surface area contributed by atoms with E-state index < -0.39 is 0 Å². The maximum atomic E-state index is 12.6. The summed E-state index contributed by atoms with van der Waals surface area (Å²) in [5, 5.41) is 9.57. The van der Waals surface area contributed by atoms with Crippen LogP contribution >= 0.6 is 0 Å². The molecule has 1 heterocycles. The second-order valence-electron chi connectivity index (χ2n) is 5.87. The fourth-order valence-electron chi connectivity index (χ4n) is 2.76. The van der Waals surface area contributed by atoms with Gasteiger partial charge in [-0.2, -0.15) is 0 Å². The Bertz CT molecular complexity index is 753. The van der Waals surface area contributed by atoms with Crippen molar-refractivity contribution in [3.05, 3.63) is 77.1 Å². The minimum Gasteiger partial charge on any atom is -0.497 e. The SMILES string of the molecule is COc1ccc(CN2CC(CO)=C(OCc3ccccc3)C2=O)cc1. The molecule has 2 aromatic carbocycles. The minimum absolute atomic E-state index is 0.184. The number of benzene rings is 2. The van der Waals surface area contributed by atoms with E-state index >= 15 is 0 Å². The molecular formula is C20H21NO4. The molecule has 3 rings (SSSR count). The first-order valence-corrected chi connectivity index (χ1v) is 8.13. The Hall–Kier alpha value is -2.79. The average Bonchev–Trinajstić information content (AvgIpc) is 2.96. The van der Waals surface area contributed by atoms with Gasteiger partial charge in [-0.05, 0) is 23.3 Å². The van der Waals surface area contributed by atoms with Crippen LogP contribution in [0, 0.1) is 0 Å². The van der Waals surface area contributed by atoms with Gasteiger partial charge in [0.1, 0.15) is 12.4 Å². The van der Waals surface area contributed by atoms with Crippen LogP contribution in [0.15, 0.2) is 65.9 Å². The highest BCUT2D eigenvalue weighted by Gasteiger charge is 2.31. The van der Waals surface area contributed by atoms with Gasteiger partial charge in [0, 0.05) is 18.7 Å². The van der Waals surface area contributed by atoms with Crippen molar-refractivity contribution in [3.8, 4) is 5.75 Å². The summed E-state index contributed by atoms with van der Waals surface area (Å²) in [7, 11) is 1.62. The molecular weight excluding hydrogens is 318 g/mol. The van der Waals surface area contributed by atoms with Gasteiger partial charge in [0.15, 0.2) is 5.76 Å². The van der Waals surface area contributed by atoms with Crippen LogP contribution in [-0.4, -0.2) is 36.2 Å². The molecule has 0 saturated heterocycles. The third-order valence-electron chi connectivity index (χ3n) is 4.13. The van der Waals surface area contributed by atoms with E-state index in [1.165, 1.54) is 0 Å². The quantitative estimate of drug-likeness (QED) is 0.842. The van der Waals surface area contributed by atoms with Crippen LogP contribution in [0.5, 0.6) is 5.75 Å². The molecule has 0 bridgehead atoms. The van der Waals surface area contributed by atoms with E-state index in [0.717, 1.165) is 16.9 Å². The summed E-state index contributed by atoms with van der Waals surface area (Å²) >= 11 is 0. The molecule has 0 aromatic heterocycles. The first-order valence-electron chi connectivity index (χ1n) is 8.13. The van der Waals surface area contributed by atoms with Crippen molar-refractivity contribution in [1.82, 2.24) is 4.90 Å². The van der Waals surface area contributed by atoms with Gasteiger partial charge >= 0.3 is 0 Å². The van der Waals surface area contributed by atoms with E-state index in [2.05, 4.69) is 0 Å². The van der Waals surface area contributed by atoms with Crippen LogP contribution in [0.1, 0.15) is 11.1 Å². The molecule has 25 heavy (non-hydrogen) atoms. The van der Waals surface area contributed by atoms with E-state index in [0.29, 0.717) is 25.3 Å². The largest absolute Gasteiger partial charge is 0.497 e. The Morgan fingerprint density at radius 2 is 1.76 bits per heavy atom. The molecule has 2 aromatic rings. The van der Waals surface area contributed by atoms with Gasteiger partial charge in [-0.1, -0.05) is 42.5 Å². The highest BCUT2D eigenvalue weighted by Crippen LogP contribution is 2.24. The molecule has 0 radical (unpaired) electrons. The van der Waals surface area contributed by atoms with Crippen molar-refractivity contribution in [2.24, 2.45) is 0 Å². The lowest BCUT2D eigenvalue weighted by molar-refractivity contribution is -0.129. The average molecular weight is 339 g/mol. The van der Waals surface area contributed by atoms with Gasteiger partial charge in [-0.3, -0.25) is 4.79 Å². The predicted molar refractivity (Wildman–Crippen MR) is 93.8 cm³/mol. The summed E-state index contributed by atoms with van der Waals surface area (Å²) in [6.45, 7) is 0.965. The van der Waals surface area contributed by atoms with Crippen LogP contribution in [0.4, 0.5) is 0 Å². The lowest BCUT2D eigenvalue weighted by Crippen LogP contribution is -2.27. The molecule has 1 N–H and O–H groups in total. The Morgan fingerprint density at radius 1 is 1.04 bits per heavy atom. The van der Waals surface area contributed by atoms with Gasteiger partial charge in [-0.15, -0.1) is 0 Å². The molecule has 5 heteroatoms. The Morgan fingerprint density at radius 3 is 2.40 bits per heavy atom. The fourth-order valence-corrected chi connectivity index (χ4v) is 2.76. The number of amides is 1. The number of ether oxygens (including phenoxy) is 2. The van der Waals surface area contributed by atoms with E-state index in [4.69, 9.17) is 9.47 Å². The number of rotatable bonds is 7. The third kappa shape index (κ3) is 4.00. The summed E-state index contributed by atoms with van der Waals surface area (Å²) in [6, 6.07) is 17.2. The highest BCUT2D eigenvalue weighted by molar-refractivity contribution is 5.95. The molecule has 0 atom stereocenters. The number of nitrogens with zero attached hydrogens (tertiary/aromatic N) is 1. The van der Waals surface area contributed by atoms with Gasteiger partial charge in [0.05, 0.1) is 13.7 Å². The van der Waals surface area contributed by atoms with Crippen LogP contribution in [0.3, 0.4) is 0 Å². The molecule has 1 amide bonds. The van der Waals surface area contributed by atoms with Gasteiger partial charge in [-0.25, -0.2) is 0 Å². The van der Waals surface area contributed by atoms with Crippen LogP contribution < -0.4 is 4.74 Å². The predicted octanol–water partition coefficient (Wildman–Crippen LogP) is 2.50. The number of methoxy groups -OCH3 is 1. The molecule has 130 valence electrons. The maximum absolute atomic E-state index is 12.6. The van der Waals surface area contributed by atoms with Crippen molar-refractivity contribution in [3.63, 3.8) is 0 Å². The van der Waals surface area contributed by atoms with Crippen LogP contribution in [-0.2, 0) is 22.7 Å². The summed E-state index contributed by atoms with van der Waals surface area (Å²) < 4.78 is 10.9. The molecule has 0 unspecified atom stereocenters. The topological polar surface area (TPSA) is 59.0 Å². The zero-order chi connectivity index (χ0) is 17.6. The van der Waals surface area contributed by atoms with Gasteiger partial charge in [0.2, 0.25) is 0 Å². The second-order valence-corrected chi connectivity index (χ2v) is 5.87. The van der Waals surface area contributed by atoms with E-state index in [-0.39, 0.29) is 18.3 Å². The molecule has 0 saturated carbocycles. The first kappa shape index (κ1) is 17.0. The Labute approximate surface area is 147 Å². The molecule has 0 spiro atoms. The number of aliphatic hydroxyl groups is 1. The van der Waals surface area contributed by atoms with Crippen molar-refractivity contribution in [1.29, 1.82) is 0 Å². The maximum Gasteiger partial charge on any atom is 0.289 e. The van der Waals surface area contributed by atoms with Gasteiger partial charge < -0.3 is 19.5 Å². The Balaban J connectivity index is 1.66. The Kier molecular flexibility index (Phi) is 5.36. The zero-order valence-electron chi connectivity index (χ0n) is 14.1. The molecule has 0 fully saturated rings. The molecule has 5 nitrogen and oxygen atoms in total. The number of aliphatic hydroxyl groups excluding tert-OH is 1. The zero-order valence-corrected chi connectivity index (χ0v) is 14.1. The number of hydrogen-bond donors (Lipinski definition) is 1. The molecule has 1 aliphatic heterocycles. The lowest BCUT2D eigenvalue weighted by Gasteiger charge is -2.17. The minimum atomic E-state index is -0.186. The fraction of sp³-hybridized carbons (Fsp3) is 0.250. The van der Waals surface area contributed by atoms with Crippen molar-refractivity contribution in [2.75, 3.05) is 20.3 Å². The van der Waals surface area contributed by atoms with E-state index in [1.54, 1.807) is 12.0 Å². The van der Waals surface area contributed by atoms with Crippen LogP contribution in [0.2, 0.25) is 0 Å². The second kappa shape index (κ2) is 7.85. The number of hydrogen-bond acceptors (Lipinski definition) is 4. The monoisotopic (exact) mass is 339 g/mol. The third-order valence-corrected chi connectivity index (χ3v) is 4.13. The van der Waals surface area contributed by atoms with Crippen LogP contribution in [0.25, 0.3) is 0 Å². The summed E-state index contributed by atoms with van der Waals surface area (Å²) in [6.07, 6.45) is 0. The standard InChI is InChI=1S/C20H21NO4/c1-24-18-9-7-15(8-10-18)11-21-12-17(13-22)19(20(21)23)25-14-16-5-3-2-4-6-16/h2-10,22H,11-14H2,1H3. The van der Waals surface area contributed by atoms with Crippen molar-refractivity contribution >= 4 is 5.91 Å². The van der Waals surface area contributed by atoms with Crippen molar-refractivity contribution < 1.29 is 19.4 Å². The van der Waals surface area contributed by atoms with Gasteiger partial charge in [0.25, 0.3) is 5.91 Å². The summed E-state index contributed by atoms with van der Waals surface area (Å²) in [5.41, 5.74) is 2.60. The van der Waals surface area contributed by atoms with E-state index in [9.17, 15) is 9.90 Å². The number of carbonyl (C=O) groups excluding carboxylic acids is 1. The normalized spacial score (nSPS) is 14.2. The van der Waals surface area contributed by atoms with E-state index in [1.807, 2.05) is 54.6 Å². The first-order chi connectivity index (χ1) is 12.2. The summed E-state index contributed by atoms with van der Waals surface area (Å²) in [5.74, 6) is 0.855. The summed E-state index contributed by atoms with van der Waals surface area (Å²) in [4.78, 5) is 14.3. The smallest absolute Gasteiger partial charge is 0.289 e. The molecule has 1 aliphatic rings. The van der Waals surface area contributed by atoms with Crippen molar-refractivity contribution in [2.45, 2.75) is 13.2 Å². The number of carbonyl (C=O) groups is 1. The highest BCUT2D eigenvalue weighted by atomic mass is 16.5. The molecule has 0 aliphatic carbocycles.